The lowest BCUT2D eigenvalue weighted by Crippen LogP contribution is -2.22. The molecule has 2 rings (SSSR count). The van der Waals surface area contributed by atoms with Gasteiger partial charge in [-0.15, -0.1) is 0 Å². The number of rotatable bonds is 3. The molecule has 1 atom stereocenters. The second kappa shape index (κ2) is 5.74. The third kappa shape index (κ3) is 2.80. The van der Waals surface area contributed by atoms with Crippen LogP contribution < -0.4 is 0 Å². The largest absolute Gasteiger partial charge is 0.387 e. The summed E-state index contributed by atoms with van der Waals surface area (Å²) in [5.74, 6) is 1.21. The lowest BCUT2D eigenvalue weighted by Gasteiger charge is -2.30. The lowest BCUT2D eigenvalue weighted by atomic mass is 9.79. The van der Waals surface area contributed by atoms with E-state index in [2.05, 4.69) is 46.3 Å². The minimum absolute atomic E-state index is 0.314. The molecule has 0 bridgehead atoms. The minimum atomic E-state index is -0.376. The summed E-state index contributed by atoms with van der Waals surface area (Å²) < 4.78 is 2.90. The van der Waals surface area contributed by atoms with Crippen molar-refractivity contribution in [2.75, 3.05) is 0 Å². The first-order valence-corrected chi connectivity index (χ1v) is 7.70. The van der Waals surface area contributed by atoms with E-state index in [4.69, 9.17) is 0 Å². The molecule has 1 aliphatic carbocycles. The molecule has 3 nitrogen and oxygen atoms in total. The molecule has 0 saturated heterocycles. The second-order valence-corrected chi connectivity index (χ2v) is 6.59. The van der Waals surface area contributed by atoms with Crippen LogP contribution in [0.3, 0.4) is 0 Å². The van der Waals surface area contributed by atoms with E-state index in [1.165, 1.54) is 12.8 Å². The van der Waals surface area contributed by atoms with Crippen LogP contribution in [0.15, 0.2) is 10.9 Å². The van der Waals surface area contributed by atoms with Crippen LogP contribution in [0, 0.1) is 11.8 Å². The fraction of sp³-hybridized carbons (Fsp3) is 0.786. The maximum Gasteiger partial charge on any atom is 0.177 e. The quantitative estimate of drug-likeness (QED) is 0.912. The first kappa shape index (κ1) is 14.1. The Hall–Kier alpha value is -0.350. The molecule has 4 heteroatoms. The molecule has 1 aromatic heterocycles. The Balaban J connectivity index is 2.16. The van der Waals surface area contributed by atoms with Crippen molar-refractivity contribution in [2.24, 2.45) is 11.8 Å². The van der Waals surface area contributed by atoms with Crippen LogP contribution in [0.2, 0.25) is 0 Å². The normalized spacial score (nSPS) is 26.6. The zero-order valence-electron chi connectivity index (χ0n) is 11.4. The molecule has 0 amide bonds. The zero-order valence-corrected chi connectivity index (χ0v) is 13.0. The number of aliphatic hydroxyl groups excluding tert-OH is 1. The van der Waals surface area contributed by atoms with E-state index >= 15 is 0 Å². The Kier molecular flexibility index (Phi) is 4.49. The summed E-state index contributed by atoms with van der Waals surface area (Å²) in [7, 11) is 0. The maximum atomic E-state index is 10.6. The van der Waals surface area contributed by atoms with Crippen LogP contribution >= 0.6 is 15.9 Å². The smallest absolute Gasteiger partial charge is 0.177 e. The van der Waals surface area contributed by atoms with Gasteiger partial charge in [0, 0.05) is 6.04 Å². The number of hydrogen-bond donors (Lipinski definition) is 1. The Morgan fingerprint density at radius 3 is 2.50 bits per heavy atom. The van der Waals surface area contributed by atoms with E-state index in [1.54, 1.807) is 0 Å². The summed E-state index contributed by atoms with van der Waals surface area (Å²) in [6.07, 6.45) is 6.16. The molecule has 18 heavy (non-hydrogen) atoms. The zero-order chi connectivity index (χ0) is 13.3. The molecular weight excluding hydrogens is 292 g/mol. The van der Waals surface area contributed by atoms with Crippen molar-refractivity contribution in [2.45, 2.75) is 58.6 Å². The Morgan fingerprint density at radius 2 is 1.94 bits per heavy atom. The van der Waals surface area contributed by atoms with Gasteiger partial charge in [-0.25, -0.2) is 4.98 Å². The van der Waals surface area contributed by atoms with Crippen molar-refractivity contribution in [1.82, 2.24) is 9.55 Å². The van der Waals surface area contributed by atoms with Crippen molar-refractivity contribution in [1.29, 1.82) is 0 Å². The number of nitrogens with zero attached hydrogens (tertiary/aromatic N) is 2. The van der Waals surface area contributed by atoms with Gasteiger partial charge >= 0.3 is 0 Å². The van der Waals surface area contributed by atoms with Crippen molar-refractivity contribution in [3.8, 4) is 0 Å². The van der Waals surface area contributed by atoms with Crippen LogP contribution in [0.5, 0.6) is 0 Å². The third-order valence-corrected chi connectivity index (χ3v) is 4.69. The van der Waals surface area contributed by atoms with Crippen molar-refractivity contribution < 1.29 is 5.11 Å². The third-order valence-electron chi connectivity index (χ3n) is 4.11. The monoisotopic (exact) mass is 314 g/mol. The SMILES string of the molecule is CC1CCC(C(O)c2cnc(Br)n2C(C)C)CC1. The van der Waals surface area contributed by atoms with Gasteiger partial charge in [-0.05, 0) is 54.5 Å². The molecular formula is C14H23BrN2O. The van der Waals surface area contributed by atoms with Gasteiger partial charge in [0.25, 0.3) is 0 Å². The van der Waals surface area contributed by atoms with Gasteiger partial charge in [0.05, 0.1) is 18.0 Å². The predicted octanol–water partition coefficient (Wildman–Crippen LogP) is 4.09. The molecule has 102 valence electrons. The van der Waals surface area contributed by atoms with Gasteiger partial charge < -0.3 is 9.67 Å². The van der Waals surface area contributed by atoms with Gasteiger partial charge in [-0.1, -0.05) is 19.8 Å². The van der Waals surface area contributed by atoms with Crippen LogP contribution in [-0.2, 0) is 0 Å². The molecule has 1 aromatic rings. The van der Waals surface area contributed by atoms with Crippen molar-refractivity contribution in [3.05, 3.63) is 16.6 Å². The van der Waals surface area contributed by atoms with Crippen LogP contribution in [0.1, 0.15) is 64.3 Å². The molecule has 1 fully saturated rings. The first-order chi connectivity index (χ1) is 8.50. The molecule has 1 aliphatic rings. The standard InChI is InChI=1S/C14H23BrN2O/c1-9(2)17-12(8-16-14(17)15)13(18)11-6-4-10(3)5-7-11/h8-11,13,18H,4-7H2,1-3H3. The van der Waals surface area contributed by atoms with Gasteiger partial charge in [0.15, 0.2) is 4.73 Å². The number of aromatic nitrogens is 2. The van der Waals surface area contributed by atoms with E-state index in [0.717, 1.165) is 29.2 Å². The van der Waals surface area contributed by atoms with E-state index < -0.39 is 0 Å². The summed E-state index contributed by atoms with van der Waals surface area (Å²) in [5, 5.41) is 10.6. The van der Waals surface area contributed by atoms with Gasteiger partial charge in [-0.3, -0.25) is 0 Å². The van der Waals surface area contributed by atoms with Crippen molar-refractivity contribution in [3.63, 3.8) is 0 Å². The van der Waals surface area contributed by atoms with E-state index in [-0.39, 0.29) is 6.10 Å². The van der Waals surface area contributed by atoms with Crippen LogP contribution in [0.25, 0.3) is 0 Å². The van der Waals surface area contributed by atoms with E-state index in [0.29, 0.717) is 12.0 Å². The molecule has 1 saturated carbocycles. The molecule has 0 spiro atoms. The number of halogens is 1. The summed E-state index contributed by atoms with van der Waals surface area (Å²) >= 11 is 3.46. The average molecular weight is 315 g/mol. The van der Waals surface area contributed by atoms with Crippen molar-refractivity contribution >= 4 is 15.9 Å². The molecule has 0 aromatic carbocycles. The maximum absolute atomic E-state index is 10.6. The Labute approximate surface area is 118 Å². The number of hydrogen-bond acceptors (Lipinski definition) is 2. The van der Waals surface area contributed by atoms with Gasteiger partial charge in [-0.2, -0.15) is 0 Å². The molecule has 0 radical (unpaired) electrons. The Morgan fingerprint density at radius 1 is 1.33 bits per heavy atom. The first-order valence-electron chi connectivity index (χ1n) is 6.91. The summed E-state index contributed by atoms with van der Waals surface area (Å²) in [5.41, 5.74) is 0.955. The van der Waals surface area contributed by atoms with E-state index in [9.17, 15) is 5.11 Å². The highest BCUT2D eigenvalue weighted by atomic mass is 79.9. The highest BCUT2D eigenvalue weighted by Crippen LogP contribution is 2.37. The highest BCUT2D eigenvalue weighted by molar-refractivity contribution is 9.10. The minimum Gasteiger partial charge on any atom is -0.387 e. The van der Waals surface area contributed by atoms with Crippen LogP contribution in [0.4, 0.5) is 0 Å². The van der Waals surface area contributed by atoms with E-state index in [1.807, 2.05) is 6.20 Å². The average Bonchev–Trinajstić information content (AvgIpc) is 2.71. The number of aliphatic hydroxyl groups is 1. The predicted molar refractivity (Wildman–Crippen MR) is 76.4 cm³/mol. The molecule has 1 N–H and O–H groups in total. The fourth-order valence-corrected chi connectivity index (χ4v) is 3.64. The van der Waals surface area contributed by atoms with Crippen LogP contribution in [-0.4, -0.2) is 14.7 Å². The molecule has 0 aliphatic heterocycles. The lowest BCUT2D eigenvalue weighted by molar-refractivity contribution is 0.0681. The van der Waals surface area contributed by atoms with Gasteiger partial charge in [0.2, 0.25) is 0 Å². The second-order valence-electron chi connectivity index (χ2n) is 5.88. The topological polar surface area (TPSA) is 38.1 Å². The summed E-state index contributed by atoms with van der Waals surface area (Å²) in [6, 6.07) is 0.314. The summed E-state index contributed by atoms with van der Waals surface area (Å²) in [4.78, 5) is 4.29. The van der Waals surface area contributed by atoms with Gasteiger partial charge in [0.1, 0.15) is 0 Å². The fourth-order valence-electron chi connectivity index (χ4n) is 2.92. The molecule has 1 unspecified atom stereocenters. The summed E-state index contributed by atoms with van der Waals surface area (Å²) in [6.45, 7) is 6.54. The number of imidazole rings is 1. The molecule has 1 heterocycles. The Bertz CT molecular complexity index is 394. The highest BCUT2D eigenvalue weighted by Gasteiger charge is 2.28.